The van der Waals surface area contributed by atoms with Crippen LogP contribution in [0.15, 0.2) is 65.7 Å². The highest BCUT2D eigenvalue weighted by molar-refractivity contribution is 5.94. The number of hydrogen-bond donors (Lipinski definition) is 0. The molecule has 0 spiro atoms. The SMILES string of the molecule is COc1ccc(-c2cc3c(=O)n(CC(=O)N4CCCc5ccccc54)ccn3n2)cc1OC. The van der Waals surface area contributed by atoms with E-state index in [0.29, 0.717) is 29.3 Å². The van der Waals surface area contributed by atoms with Crippen LogP contribution < -0.4 is 19.9 Å². The zero-order valence-electron chi connectivity index (χ0n) is 18.5. The van der Waals surface area contributed by atoms with Gasteiger partial charge in [0.2, 0.25) is 5.91 Å². The Kier molecular flexibility index (Phi) is 5.34. The molecule has 0 radical (unpaired) electrons. The fourth-order valence-corrected chi connectivity index (χ4v) is 4.31. The van der Waals surface area contributed by atoms with Crippen molar-refractivity contribution in [3.63, 3.8) is 0 Å². The molecule has 2 aromatic heterocycles. The van der Waals surface area contributed by atoms with E-state index in [-0.39, 0.29) is 18.0 Å². The molecule has 4 aromatic rings. The van der Waals surface area contributed by atoms with Crippen molar-refractivity contribution in [2.45, 2.75) is 19.4 Å². The molecule has 0 N–H and O–H groups in total. The number of rotatable bonds is 5. The fourth-order valence-electron chi connectivity index (χ4n) is 4.31. The van der Waals surface area contributed by atoms with Crippen LogP contribution in [-0.2, 0) is 17.8 Å². The third kappa shape index (κ3) is 3.73. The maximum absolute atomic E-state index is 13.1. The molecular formula is C25H24N4O4. The molecule has 0 bridgehead atoms. The highest BCUT2D eigenvalue weighted by Gasteiger charge is 2.23. The van der Waals surface area contributed by atoms with Gasteiger partial charge < -0.3 is 18.9 Å². The minimum atomic E-state index is -0.268. The van der Waals surface area contributed by atoms with Crippen LogP contribution in [0.4, 0.5) is 5.69 Å². The Balaban J connectivity index is 1.45. The first kappa shape index (κ1) is 20.8. The standard InChI is InChI=1S/C25H24N4O4/c1-32-22-10-9-18(14-23(22)33-2)19-15-21-25(31)27(12-13-29(21)26-19)16-24(30)28-11-5-7-17-6-3-4-8-20(17)28/h3-4,6,8-10,12-15H,5,7,11,16H2,1-2H3. The second kappa shape index (κ2) is 8.46. The Bertz CT molecular complexity index is 1410. The fraction of sp³-hybridized carbons (Fsp3) is 0.240. The van der Waals surface area contributed by atoms with Crippen molar-refractivity contribution in [3.05, 3.63) is 76.8 Å². The number of aromatic nitrogens is 3. The first-order valence-electron chi connectivity index (χ1n) is 10.8. The van der Waals surface area contributed by atoms with Crippen LogP contribution in [0.3, 0.4) is 0 Å². The third-order valence-corrected chi connectivity index (χ3v) is 6.00. The van der Waals surface area contributed by atoms with Crippen LogP contribution in [0.2, 0.25) is 0 Å². The van der Waals surface area contributed by atoms with Crippen molar-refractivity contribution >= 4 is 17.1 Å². The molecular weight excluding hydrogens is 420 g/mol. The van der Waals surface area contributed by atoms with Crippen LogP contribution >= 0.6 is 0 Å². The number of methoxy groups -OCH3 is 2. The second-order valence-corrected chi connectivity index (χ2v) is 7.94. The van der Waals surface area contributed by atoms with E-state index in [0.717, 1.165) is 29.7 Å². The first-order valence-corrected chi connectivity index (χ1v) is 10.8. The van der Waals surface area contributed by atoms with Crippen LogP contribution in [0.1, 0.15) is 12.0 Å². The van der Waals surface area contributed by atoms with Crippen LogP contribution in [-0.4, -0.2) is 40.9 Å². The topological polar surface area (TPSA) is 78.1 Å². The summed E-state index contributed by atoms with van der Waals surface area (Å²) in [6.07, 6.45) is 5.17. The average Bonchev–Trinajstić information content (AvgIpc) is 3.30. The van der Waals surface area contributed by atoms with Crippen molar-refractivity contribution in [2.24, 2.45) is 0 Å². The summed E-state index contributed by atoms with van der Waals surface area (Å²) in [6, 6.07) is 15.1. The summed E-state index contributed by atoms with van der Waals surface area (Å²) in [7, 11) is 3.15. The summed E-state index contributed by atoms with van der Waals surface area (Å²) in [4.78, 5) is 28.0. The van der Waals surface area contributed by atoms with Gasteiger partial charge in [-0.1, -0.05) is 18.2 Å². The van der Waals surface area contributed by atoms with Crippen LogP contribution in [0.5, 0.6) is 11.5 Å². The normalized spacial score (nSPS) is 13.1. The molecule has 0 aliphatic carbocycles. The number of nitrogens with zero attached hydrogens (tertiary/aromatic N) is 4. The van der Waals surface area contributed by atoms with Crippen LogP contribution in [0.25, 0.3) is 16.8 Å². The molecule has 33 heavy (non-hydrogen) atoms. The number of benzene rings is 2. The molecule has 0 saturated heterocycles. The summed E-state index contributed by atoms with van der Waals surface area (Å²) in [5, 5.41) is 4.53. The number of aryl methyl sites for hydroxylation is 1. The summed E-state index contributed by atoms with van der Waals surface area (Å²) in [5.74, 6) is 1.09. The number of ether oxygens (including phenoxy) is 2. The Labute approximate surface area is 190 Å². The van der Waals surface area contributed by atoms with Crippen molar-refractivity contribution in [2.75, 3.05) is 25.7 Å². The molecule has 1 aliphatic rings. The van der Waals surface area contributed by atoms with Crippen molar-refractivity contribution in [1.29, 1.82) is 0 Å². The van der Waals surface area contributed by atoms with E-state index in [1.807, 2.05) is 30.3 Å². The van der Waals surface area contributed by atoms with E-state index >= 15 is 0 Å². The zero-order valence-corrected chi connectivity index (χ0v) is 18.5. The van der Waals surface area contributed by atoms with Crippen molar-refractivity contribution in [3.8, 4) is 22.8 Å². The lowest BCUT2D eigenvalue weighted by Crippen LogP contribution is -2.39. The smallest absolute Gasteiger partial charge is 0.277 e. The van der Waals surface area contributed by atoms with E-state index in [1.165, 1.54) is 9.08 Å². The lowest BCUT2D eigenvalue weighted by Gasteiger charge is -2.29. The van der Waals surface area contributed by atoms with Gasteiger partial charge in [0.05, 0.1) is 19.9 Å². The molecule has 2 aromatic carbocycles. The summed E-state index contributed by atoms with van der Waals surface area (Å²) in [6.45, 7) is 0.628. The Hall–Kier alpha value is -4.07. The predicted octanol–water partition coefficient (Wildman–Crippen LogP) is 3.16. The summed E-state index contributed by atoms with van der Waals surface area (Å²) in [5.41, 5.74) is 3.65. The third-order valence-electron chi connectivity index (χ3n) is 6.00. The van der Waals surface area contributed by atoms with Gasteiger partial charge in [0.25, 0.3) is 5.56 Å². The van der Waals surface area contributed by atoms with Crippen LogP contribution in [0, 0.1) is 0 Å². The first-order chi connectivity index (χ1) is 16.1. The number of carbonyl (C=O) groups excluding carboxylic acids is 1. The number of hydrogen-bond acceptors (Lipinski definition) is 5. The molecule has 1 amide bonds. The van der Waals surface area contributed by atoms with Gasteiger partial charge in [-0.05, 0) is 48.7 Å². The molecule has 1 aliphatic heterocycles. The van der Waals surface area contributed by atoms with Crippen molar-refractivity contribution in [1.82, 2.24) is 14.2 Å². The molecule has 8 nitrogen and oxygen atoms in total. The number of fused-ring (bicyclic) bond motifs is 2. The lowest BCUT2D eigenvalue weighted by molar-refractivity contribution is -0.119. The van der Waals surface area contributed by atoms with E-state index in [1.54, 1.807) is 43.6 Å². The molecule has 0 fully saturated rings. The highest BCUT2D eigenvalue weighted by Crippen LogP contribution is 2.32. The van der Waals surface area contributed by atoms with E-state index < -0.39 is 0 Å². The minimum absolute atomic E-state index is 0.0272. The van der Waals surface area contributed by atoms with Gasteiger partial charge in [0.1, 0.15) is 12.1 Å². The van der Waals surface area contributed by atoms with Gasteiger partial charge >= 0.3 is 0 Å². The molecule has 0 saturated carbocycles. The quantitative estimate of drug-likeness (QED) is 0.473. The number of para-hydroxylation sites is 1. The van der Waals surface area contributed by atoms with Gasteiger partial charge in [-0.25, -0.2) is 4.52 Å². The van der Waals surface area contributed by atoms with Gasteiger partial charge in [-0.15, -0.1) is 0 Å². The Morgan fingerprint density at radius 3 is 2.67 bits per heavy atom. The van der Waals surface area contributed by atoms with Gasteiger partial charge in [-0.2, -0.15) is 5.10 Å². The molecule has 8 heteroatoms. The maximum atomic E-state index is 13.1. The summed E-state index contributed by atoms with van der Waals surface area (Å²) >= 11 is 0. The highest BCUT2D eigenvalue weighted by atomic mass is 16.5. The van der Waals surface area contributed by atoms with E-state index in [9.17, 15) is 9.59 Å². The van der Waals surface area contributed by atoms with Crippen molar-refractivity contribution < 1.29 is 14.3 Å². The average molecular weight is 444 g/mol. The van der Waals surface area contributed by atoms with Gasteiger partial charge in [0.15, 0.2) is 11.5 Å². The molecule has 0 atom stereocenters. The number of anilines is 1. The number of carbonyl (C=O) groups is 1. The van der Waals surface area contributed by atoms with Gasteiger partial charge in [0, 0.05) is 30.2 Å². The van der Waals surface area contributed by atoms with E-state index in [2.05, 4.69) is 11.2 Å². The Morgan fingerprint density at radius 2 is 1.85 bits per heavy atom. The molecule has 168 valence electrons. The largest absolute Gasteiger partial charge is 0.493 e. The monoisotopic (exact) mass is 444 g/mol. The Morgan fingerprint density at radius 1 is 1.03 bits per heavy atom. The second-order valence-electron chi connectivity index (χ2n) is 7.94. The van der Waals surface area contributed by atoms with E-state index in [4.69, 9.17) is 9.47 Å². The maximum Gasteiger partial charge on any atom is 0.277 e. The zero-order chi connectivity index (χ0) is 22.9. The summed E-state index contributed by atoms with van der Waals surface area (Å²) < 4.78 is 13.6. The minimum Gasteiger partial charge on any atom is -0.493 e. The molecule has 0 unspecified atom stereocenters. The van der Waals surface area contributed by atoms with Gasteiger partial charge in [-0.3, -0.25) is 9.59 Å². The number of amides is 1. The predicted molar refractivity (Wildman–Crippen MR) is 125 cm³/mol. The molecule has 5 rings (SSSR count). The molecule has 3 heterocycles. The lowest BCUT2D eigenvalue weighted by atomic mass is 10.0.